The van der Waals surface area contributed by atoms with Gasteiger partial charge in [-0.2, -0.15) is 0 Å². The van der Waals surface area contributed by atoms with Crippen molar-refractivity contribution in [1.82, 2.24) is 9.97 Å². The molecule has 0 unspecified atom stereocenters. The Bertz CT molecular complexity index is 853. The first-order chi connectivity index (χ1) is 9.29. The Morgan fingerprint density at radius 1 is 1.05 bits per heavy atom. The molecule has 0 spiro atoms. The predicted molar refractivity (Wildman–Crippen MR) is 76.0 cm³/mol. The van der Waals surface area contributed by atoms with Crippen molar-refractivity contribution in [1.29, 1.82) is 0 Å². The Morgan fingerprint density at radius 2 is 1.95 bits per heavy atom. The molecule has 3 heteroatoms. The summed E-state index contributed by atoms with van der Waals surface area (Å²) in [5.74, 6) is 1.55. The molecule has 2 aromatic carbocycles. The lowest BCUT2D eigenvalue weighted by atomic mass is 10.2. The quantitative estimate of drug-likeness (QED) is 0.546. The smallest absolute Gasteiger partial charge is 0.174 e. The molecule has 0 bridgehead atoms. The summed E-state index contributed by atoms with van der Waals surface area (Å²) in [6, 6.07) is 16.2. The van der Waals surface area contributed by atoms with Gasteiger partial charge in [-0.25, -0.2) is 4.98 Å². The first-order valence-corrected chi connectivity index (χ1v) is 6.25. The molecule has 4 rings (SSSR count). The molecule has 0 saturated carbocycles. The molecule has 0 aliphatic rings. The highest BCUT2D eigenvalue weighted by Gasteiger charge is 2.10. The minimum Gasteiger partial charge on any atom is -0.453 e. The van der Waals surface area contributed by atoms with E-state index in [-0.39, 0.29) is 0 Å². The van der Waals surface area contributed by atoms with Crippen LogP contribution in [0.3, 0.4) is 0 Å². The third kappa shape index (κ3) is 1.63. The van der Waals surface area contributed by atoms with E-state index in [0.29, 0.717) is 0 Å². The van der Waals surface area contributed by atoms with Gasteiger partial charge in [0.25, 0.3) is 0 Å². The summed E-state index contributed by atoms with van der Waals surface area (Å²) in [6.45, 7) is 2.07. The molecule has 1 N–H and O–H groups in total. The van der Waals surface area contributed by atoms with E-state index in [0.717, 1.165) is 33.6 Å². The number of hydrogen-bond acceptors (Lipinski definition) is 2. The molecule has 0 atom stereocenters. The van der Waals surface area contributed by atoms with E-state index in [4.69, 9.17) is 4.42 Å². The molecular formula is C16H12N2O. The average molecular weight is 248 g/mol. The third-order valence-electron chi connectivity index (χ3n) is 3.30. The second-order valence-corrected chi connectivity index (χ2v) is 4.75. The highest BCUT2D eigenvalue weighted by atomic mass is 16.3. The molecule has 4 aromatic rings. The molecule has 0 radical (unpaired) electrons. The van der Waals surface area contributed by atoms with Crippen molar-refractivity contribution in [2.45, 2.75) is 6.92 Å². The molecule has 3 nitrogen and oxygen atoms in total. The minimum absolute atomic E-state index is 0.773. The van der Waals surface area contributed by atoms with Gasteiger partial charge in [0.2, 0.25) is 0 Å². The molecule has 0 fully saturated rings. The van der Waals surface area contributed by atoms with E-state index in [1.165, 1.54) is 5.56 Å². The monoisotopic (exact) mass is 248 g/mol. The van der Waals surface area contributed by atoms with Crippen molar-refractivity contribution in [3.63, 3.8) is 0 Å². The van der Waals surface area contributed by atoms with Crippen LogP contribution in [0.15, 0.2) is 52.9 Å². The van der Waals surface area contributed by atoms with Gasteiger partial charge in [0, 0.05) is 5.39 Å². The fourth-order valence-corrected chi connectivity index (χ4v) is 2.34. The van der Waals surface area contributed by atoms with Crippen LogP contribution in [0.5, 0.6) is 0 Å². The summed E-state index contributed by atoms with van der Waals surface area (Å²) in [5.41, 5.74) is 4.10. The van der Waals surface area contributed by atoms with Gasteiger partial charge in [0.15, 0.2) is 11.6 Å². The first-order valence-electron chi connectivity index (χ1n) is 6.25. The maximum absolute atomic E-state index is 5.82. The van der Waals surface area contributed by atoms with Gasteiger partial charge in [-0.05, 0) is 36.8 Å². The molecular weight excluding hydrogens is 236 g/mol. The van der Waals surface area contributed by atoms with Crippen LogP contribution >= 0.6 is 0 Å². The van der Waals surface area contributed by atoms with Crippen LogP contribution in [-0.2, 0) is 0 Å². The average Bonchev–Trinajstić information content (AvgIpc) is 3.00. The van der Waals surface area contributed by atoms with Gasteiger partial charge < -0.3 is 9.40 Å². The van der Waals surface area contributed by atoms with Crippen LogP contribution in [-0.4, -0.2) is 9.97 Å². The SMILES string of the molecule is Cc1ccc2nc(-c3cc4ccccc4o3)[nH]c2c1. The van der Waals surface area contributed by atoms with Crippen molar-refractivity contribution < 1.29 is 4.42 Å². The number of hydrogen-bond donors (Lipinski definition) is 1. The molecule has 92 valence electrons. The third-order valence-corrected chi connectivity index (χ3v) is 3.30. The summed E-state index contributed by atoms with van der Waals surface area (Å²) in [6.07, 6.45) is 0. The molecule has 0 amide bonds. The van der Waals surface area contributed by atoms with Crippen molar-refractivity contribution in [3.05, 3.63) is 54.1 Å². The van der Waals surface area contributed by atoms with E-state index < -0.39 is 0 Å². The zero-order valence-corrected chi connectivity index (χ0v) is 10.5. The van der Waals surface area contributed by atoms with Gasteiger partial charge >= 0.3 is 0 Å². The number of imidazole rings is 1. The van der Waals surface area contributed by atoms with Gasteiger partial charge in [-0.15, -0.1) is 0 Å². The van der Waals surface area contributed by atoms with Crippen LogP contribution in [0.2, 0.25) is 0 Å². The number of fused-ring (bicyclic) bond motifs is 2. The topological polar surface area (TPSA) is 41.8 Å². The summed E-state index contributed by atoms with van der Waals surface area (Å²) >= 11 is 0. The maximum atomic E-state index is 5.82. The Morgan fingerprint density at radius 3 is 2.84 bits per heavy atom. The van der Waals surface area contributed by atoms with Crippen LogP contribution in [0, 0.1) is 6.92 Å². The van der Waals surface area contributed by atoms with E-state index in [2.05, 4.69) is 29.0 Å². The van der Waals surface area contributed by atoms with E-state index >= 15 is 0 Å². The van der Waals surface area contributed by atoms with E-state index in [1.807, 2.05) is 36.4 Å². The largest absolute Gasteiger partial charge is 0.453 e. The first kappa shape index (κ1) is 10.4. The summed E-state index contributed by atoms with van der Waals surface area (Å²) < 4.78 is 5.82. The number of aromatic nitrogens is 2. The summed E-state index contributed by atoms with van der Waals surface area (Å²) in [7, 11) is 0. The Balaban J connectivity index is 1.93. The fraction of sp³-hybridized carbons (Fsp3) is 0.0625. The van der Waals surface area contributed by atoms with Gasteiger partial charge in [0.1, 0.15) is 5.58 Å². The standard InChI is InChI=1S/C16H12N2O/c1-10-6-7-12-13(8-10)18-16(17-12)15-9-11-4-2-3-5-14(11)19-15/h2-9H,1H3,(H,17,18). The number of H-pyrrole nitrogens is 1. The van der Waals surface area contributed by atoms with Gasteiger partial charge in [0.05, 0.1) is 11.0 Å². The second-order valence-electron chi connectivity index (χ2n) is 4.75. The number of benzene rings is 2. The number of rotatable bonds is 1. The highest BCUT2D eigenvalue weighted by Crippen LogP contribution is 2.27. The lowest BCUT2D eigenvalue weighted by Gasteiger charge is -1.89. The zero-order chi connectivity index (χ0) is 12.8. The lowest BCUT2D eigenvalue weighted by molar-refractivity contribution is 0.627. The Hall–Kier alpha value is -2.55. The van der Waals surface area contributed by atoms with Crippen LogP contribution in [0.1, 0.15) is 5.56 Å². The second kappa shape index (κ2) is 3.72. The number of furan rings is 1. The lowest BCUT2D eigenvalue weighted by Crippen LogP contribution is -1.74. The Kier molecular flexibility index (Phi) is 2.03. The number of para-hydroxylation sites is 1. The molecule has 19 heavy (non-hydrogen) atoms. The number of aromatic amines is 1. The molecule has 0 aliphatic carbocycles. The predicted octanol–water partition coefficient (Wildman–Crippen LogP) is 4.28. The van der Waals surface area contributed by atoms with Crippen LogP contribution < -0.4 is 0 Å². The molecule has 2 heterocycles. The number of nitrogens with one attached hydrogen (secondary N) is 1. The van der Waals surface area contributed by atoms with Crippen LogP contribution in [0.25, 0.3) is 33.6 Å². The molecule has 0 aliphatic heterocycles. The van der Waals surface area contributed by atoms with Crippen molar-refractivity contribution >= 4 is 22.0 Å². The van der Waals surface area contributed by atoms with Crippen molar-refractivity contribution in [3.8, 4) is 11.6 Å². The summed E-state index contributed by atoms with van der Waals surface area (Å²) in [4.78, 5) is 7.88. The Labute approximate surface area is 109 Å². The van der Waals surface area contributed by atoms with Crippen LogP contribution in [0.4, 0.5) is 0 Å². The van der Waals surface area contributed by atoms with Gasteiger partial charge in [-0.1, -0.05) is 24.3 Å². The number of nitrogens with zero attached hydrogens (tertiary/aromatic N) is 1. The minimum atomic E-state index is 0.773. The highest BCUT2D eigenvalue weighted by molar-refractivity contribution is 5.84. The maximum Gasteiger partial charge on any atom is 0.174 e. The van der Waals surface area contributed by atoms with Crippen molar-refractivity contribution in [2.75, 3.05) is 0 Å². The van der Waals surface area contributed by atoms with E-state index in [9.17, 15) is 0 Å². The normalized spacial score (nSPS) is 11.4. The number of aryl methyl sites for hydroxylation is 1. The van der Waals surface area contributed by atoms with Crippen molar-refractivity contribution in [2.24, 2.45) is 0 Å². The van der Waals surface area contributed by atoms with E-state index in [1.54, 1.807) is 0 Å². The molecule has 0 saturated heterocycles. The molecule has 2 aromatic heterocycles. The summed E-state index contributed by atoms with van der Waals surface area (Å²) in [5, 5.41) is 1.09. The van der Waals surface area contributed by atoms with Gasteiger partial charge in [-0.3, -0.25) is 0 Å². The zero-order valence-electron chi connectivity index (χ0n) is 10.5. The fourth-order valence-electron chi connectivity index (χ4n) is 2.34.